The van der Waals surface area contributed by atoms with Crippen LogP contribution in [0.25, 0.3) is 0 Å². The van der Waals surface area contributed by atoms with Crippen LogP contribution < -0.4 is 0 Å². The van der Waals surface area contributed by atoms with Crippen molar-refractivity contribution in [3.63, 3.8) is 0 Å². The normalized spacial score (nSPS) is 22.4. The Bertz CT molecular complexity index is 664. The summed E-state index contributed by atoms with van der Waals surface area (Å²) >= 11 is 0. The number of carbonyl (C=O) groups is 2. The number of likely N-dealkylation sites (tertiary alicyclic amines) is 1. The molecular weight excluding hydrogens is 342 g/mol. The number of carboxylic acid groups (broad SMARTS) is 1. The molecule has 27 heavy (non-hydrogen) atoms. The predicted octanol–water partition coefficient (Wildman–Crippen LogP) is 1.83. The molecule has 2 fully saturated rings. The zero-order valence-corrected chi connectivity index (χ0v) is 16.3. The quantitative estimate of drug-likeness (QED) is 0.853. The van der Waals surface area contributed by atoms with Gasteiger partial charge in [0.2, 0.25) is 5.91 Å². The van der Waals surface area contributed by atoms with Crippen molar-refractivity contribution in [2.75, 3.05) is 45.8 Å². The second kappa shape index (κ2) is 9.33. The molecule has 6 nitrogen and oxygen atoms in total. The highest BCUT2D eigenvalue weighted by Crippen LogP contribution is 2.17. The fourth-order valence-electron chi connectivity index (χ4n) is 4.10. The van der Waals surface area contributed by atoms with E-state index in [1.54, 1.807) is 0 Å². The smallest absolute Gasteiger partial charge is 0.307 e. The molecule has 2 aliphatic heterocycles. The third-order valence-corrected chi connectivity index (χ3v) is 5.81. The number of hydrogen-bond donors (Lipinski definition) is 1. The van der Waals surface area contributed by atoms with Crippen LogP contribution in [0.5, 0.6) is 0 Å². The minimum atomic E-state index is -0.742. The lowest BCUT2D eigenvalue weighted by molar-refractivity contribution is -0.145. The molecule has 1 aromatic rings. The van der Waals surface area contributed by atoms with E-state index in [9.17, 15) is 14.7 Å². The van der Waals surface area contributed by atoms with Crippen molar-refractivity contribution in [1.29, 1.82) is 0 Å². The van der Waals surface area contributed by atoms with Gasteiger partial charge in [-0.2, -0.15) is 0 Å². The molecule has 2 aliphatic rings. The summed E-state index contributed by atoms with van der Waals surface area (Å²) in [5, 5.41) is 9.22. The monoisotopic (exact) mass is 373 g/mol. The molecule has 1 unspecified atom stereocenters. The topological polar surface area (TPSA) is 64.1 Å². The first-order valence-electron chi connectivity index (χ1n) is 10.0. The van der Waals surface area contributed by atoms with E-state index < -0.39 is 5.97 Å². The van der Waals surface area contributed by atoms with Gasteiger partial charge in [0, 0.05) is 39.3 Å². The number of amides is 1. The van der Waals surface area contributed by atoms with Gasteiger partial charge < -0.3 is 10.0 Å². The van der Waals surface area contributed by atoms with Gasteiger partial charge in [-0.3, -0.25) is 19.4 Å². The van der Waals surface area contributed by atoms with E-state index in [1.165, 1.54) is 11.1 Å². The van der Waals surface area contributed by atoms with E-state index >= 15 is 0 Å². The van der Waals surface area contributed by atoms with Gasteiger partial charge in [0.15, 0.2) is 0 Å². The van der Waals surface area contributed by atoms with Crippen LogP contribution in [-0.4, -0.2) is 77.5 Å². The third kappa shape index (κ3) is 5.53. The Labute approximate surface area is 161 Å². The molecule has 0 bridgehead atoms. The SMILES string of the molecule is Cc1ccccc1CN1CCCN(C(=O)CN2CCCC(C(=O)O)C2)CC1. The maximum atomic E-state index is 12.7. The number of aliphatic carboxylic acids is 1. The first-order chi connectivity index (χ1) is 13.0. The van der Waals surface area contributed by atoms with Gasteiger partial charge in [-0.1, -0.05) is 24.3 Å². The van der Waals surface area contributed by atoms with E-state index in [0.29, 0.717) is 13.1 Å². The van der Waals surface area contributed by atoms with Crippen molar-refractivity contribution in [2.24, 2.45) is 5.92 Å². The number of benzene rings is 1. The zero-order chi connectivity index (χ0) is 19.2. The maximum absolute atomic E-state index is 12.7. The van der Waals surface area contributed by atoms with Crippen molar-refractivity contribution >= 4 is 11.9 Å². The summed E-state index contributed by atoms with van der Waals surface area (Å²) in [6.45, 7) is 8.17. The van der Waals surface area contributed by atoms with Gasteiger partial charge in [0.25, 0.3) is 0 Å². The molecule has 3 rings (SSSR count). The summed E-state index contributed by atoms with van der Waals surface area (Å²) in [6.07, 6.45) is 2.56. The molecule has 0 spiro atoms. The molecule has 6 heteroatoms. The Morgan fingerprint density at radius 3 is 2.59 bits per heavy atom. The number of piperidine rings is 1. The van der Waals surface area contributed by atoms with Crippen LogP contribution in [0.3, 0.4) is 0 Å². The molecule has 2 heterocycles. The largest absolute Gasteiger partial charge is 0.481 e. The summed E-state index contributed by atoms with van der Waals surface area (Å²) < 4.78 is 0. The molecular formula is C21H31N3O3. The Balaban J connectivity index is 1.49. The summed E-state index contributed by atoms with van der Waals surface area (Å²) in [6, 6.07) is 8.47. The van der Waals surface area contributed by atoms with E-state index in [-0.39, 0.29) is 11.8 Å². The van der Waals surface area contributed by atoms with Gasteiger partial charge in [-0.05, 0) is 43.9 Å². The van der Waals surface area contributed by atoms with Crippen LogP contribution in [0.1, 0.15) is 30.4 Å². The number of carboxylic acids is 1. The molecule has 0 radical (unpaired) electrons. The molecule has 1 atom stereocenters. The summed E-state index contributed by atoms with van der Waals surface area (Å²) in [5.74, 6) is -0.937. The van der Waals surface area contributed by atoms with E-state index in [0.717, 1.165) is 58.5 Å². The third-order valence-electron chi connectivity index (χ3n) is 5.81. The average molecular weight is 373 g/mol. The van der Waals surface area contributed by atoms with Crippen LogP contribution in [0.15, 0.2) is 24.3 Å². The van der Waals surface area contributed by atoms with Gasteiger partial charge in [0.05, 0.1) is 12.5 Å². The van der Waals surface area contributed by atoms with Crippen LogP contribution in [-0.2, 0) is 16.1 Å². The number of rotatable bonds is 5. The van der Waals surface area contributed by atoms with Crippen LogP contribution in [0.4, 0.5) is 0 Å². The summed E-state index contributed by atoms with van der Waals surface area (Å²) in [4.78, 5) is 30.4. The number of hydrogen-bond acceptors (Lipinski definition) is 4. The first-order valence-corrected chi connectivity index (χ1v) is 10.0. The molecule has 0 saturated carbocycles. The molecule has 0 aromatic heterocycles. The molecule has 148 valence electrons. The first kappa shape index (κ1) is 19.8. The van der Waals surface area contributed by atoms with Gasteiger partial charge in [-0.15, -0.1) is 0 Å². The Morgan fingerprint density at radius 2 is 1.81 bits per heavy atom. The van der Waals surface area contributed by atoms with Crippen LogP contribution in [0, 0.1) is 12.8 Å². The highest BCUT2D eigenvalue weighted by atomic mass is 16.4. The van der Waals surface area contributed by atoms with Crippen LogP contribution >= 0.6 is 0 Å². The highest BCUT2D eigenvalue weighted by molar-refractivity contribution is 5.78. The van der Waals surface area contributed by atoms with E-state index in [2.05, 4.69) is 36.1 Å². The van der Waals surface area contributed by atoms with Gasteiger partial charge in [0.1, 0.15) is 0 Å². The highest BCUT2D eigenvalue weighted by Gasteiger charge is 2.28. The average Bonchev–Trinajstić information content (AvgIpc) is 2.89. The lowest BCUT2D eigenvalue weighted by atomic mass is 9.98. The lowest BCUT2D eigenvalue weighted by Gasteiger charge is -2.32. The van der Waals surface area contributed by atoms with Crippen molar-refractivity contribution < 1.29 is 14.7 Å². The second-order valence-corrected chi connectivity index (χ2v) is 7.85. The zero-order valence-electron chi connectivity index (χ0n) is 16.3. The summed E-state index contributed by atoms with van der Waals surface area (Å²) in [5.41, 5.74) is 2.66. The summed E-state index contributed by atoms with van der Waals surface area (Å²) in [7, 11) is 0. The minimum absolute atomic E-state index is 0.138. The van der Waals surface area contributed by atoms with Crippen molar-refractivity contribution in [3.8, 4) is 0 Å². The van der Waals surface area contributed by atoms with E-state index in [4.69, 9.17) is 0 Å². The minimum Gasteiger partial charge on any atom is -0.481 e. The molecule has 0 aliphatic carbocycles. The Morgan fingerprint density at radius 1 is 1.04 bits per heavy atom. The van der Waals surface area contributed by atoms with Gasteiger partial charge in [-0.25, -0.2) is 0 Å². The lowest BCUT2D eigenvalue weighted by Crippen LogP contribution is -2.46. The van der Waals surface area contributed by atoms with Gasteiger partial charge >= 0.3 is 5.97 Å². The number of aryl methyl sites for hydroxylation is 1. The fourth-order valence-corrected chi connectivity index (χ4v) is 4.10. The Hall–Kier alpha value is -1.92. The van der Waals surface area contributed by atoms with E-state index in [1.807, 2.05) is 9.80 Å². The standard InChI is InChI=1S/C21H31N3O3/c1-17-6-2-3-7-18(17)14-22-10-5-11-24(13-12-22)20(25)16-23-9-4-8-19(15-23)21(26)27/h2-3,6-7,19H,4-5,8-16H2,1H3,(H,26,27). The van der Waals surface area contributed by atoms with Crippen molar-refractivity contribution in [3.05, 3.63) is 35.4 Å². The van der Waals surface area contributed by atoms with Crippen molar-refractivity contribution in [2.45, 2.75) is 32.7 Å². The predicted molar refractivity (Wildman–Crippen MR) is 104 cm³/mol. The Kier molecular flexibility index (Phi) is 6.85. The fraction of sp³-hybridized carbons (Fsp3) is 0.619. The molecule has 1 aromatic carbocycles. The maximum Gasteiger partial charge on any atom is 0.307 e. The second-order valence-electron chi connectivity index (χ2n) is 7.85. The van der Waals surface area contributed by atoms with Crippen molar-refractivity contribution in [1.82, 2.24) is 14.7 Å². The molecule has 1 amide bonds. The number of nitrogens with zero attached hydrogens (tertiary/aromatic N) is 3. The molecule has 2 saturated heterocycles. The van der Waals surface area contributed by atoms with Crippen LogP contribution in [0.2, 0.25) is 0 Å². The molecule has 1 N–H and O–H groups in total. The number of carbonyl (C=O) groups excluding carboxylic acids is 1.